The molecule has 1 heterocycles. The van der Waals surface area contributed by atoms with Crippen molar-refractivity contribution in [2.45, 2.75) is 33.0 Å². The van der Waals surface area contributed by atoms with Crippen LogP contribution >= 0.6 is 11.6 Å². The van der Waals surface area contributed by atoms with E-state index in [-0.39, 0.29) is 12.1 Å². The number of nitrogens with zero attached hydrogens (tertiary/aromatic N) is 3. The van der Waals surface area contributed by atoms with Crippen molar-refractivity contribution in [3.05, 3.63) is 83.1 Å². The highest BCUT2D eigenvalue weighted by atomic mass is 35.5. The minimum Gasteiger partial charge on any atom is -0.334 e. The van der Waals surface area contributed by atoms with Crippen LogP contribution in [-0.4, -0.2) is 26.8 Å². The fraction of sp³-hybridized carbons (Fsp3) is 0.238. The van der Waals surface area contributed by atoms with Crippen LogP contribution in [0.3, 0.4) is 0 Å². The molecule has 0 spiro atoms. The summed E-state index contributed by atoms with van der Waals surface area (Å²) < 4.78 is 1.80. The molecule has 3 rings (SSSR count). The van der Waals surface area contributed by atoms with Crippen molar-refractivity contribution in [1.29, 1.82) is 0 Å². The first-order valence-corrected chi connectivity index (χ1v) is 9.28. The molecule has 2 amide bonds. The first-order valence-electron chi connectivity index (χ1n) is 8.91. The van der Waals surface area contributed by atoms with Crippen molar-refractivity contribution in [2.75, 3.05) is 0 Å². The van der Waals surface area contributed by atoms with Gasteiger partial charge in [-0.25, -0.2) is 9.48 Å². The van der Waals surface area contributed by atoms with E-state index in [1.807, 2.05) is 74.6 Å². The van der Waals surface area contributed by atoms with Gasteiger partial charge < -0.3 is 10.2 Å². The van der Waals surface area contributed by atoms with Crippen LogP contribution in [0.5, 0.6) is 0 Å². The number of hydrogen-bond donors (Lipinski definition) is 1. The molecule has 5 nitrogen and oxygen atoms in total. The zero-order valence-electron chi connectivity index (χ0n) is 15.5. The van der Waals surface area contributed by atoms with Gasteiger partial charge in [0, 0.05) is 36.5 Å². The predicted molar refractivity (Wildman–Crippen MR) is 108 cm³/mol. The van der Waals surface area contributed by atoms with Crippen molar-refractivity contribution in [3.63, 3.8) is 0 Å². The van der Waals surface area contributed by atoms with Crippen LogP contribution in [-0.2, 0) is 13.1 Å². The number of urea groups is 1. The van der Waals surface area contributed by atoms with Crippen LogP contribution < -0.4 is 5.32 Å². The Morgan fingerprint density at radius 3 is 2.63 bits per heavy atom. The van der Waals surface area contributed by atoms with Crippen molar-refractivity contribution >= 4 is 17.6 Å². The summed E-state index contributed by atoms with van der Waals surface area (Å²) >= 11 is 6.06. The van der Waals surface area contributed by atoms with Gasteiger partial charge in [-0.05, 0) is 55.3 Å². The number of benzene rings is 2. The van der Waals surface area contributed by atoms with Crippen LogP contribution in [0.1, 0.15) is 25.0 Å². The molecule has 140 valence electrons. The molecule has 0 atom stereocenters. The fourth-order valence-corrected chi connectivity index (χ4v) is 3.04. The average Bonchev–Trinajstić information content (AvgIpc) is 3.19. The summed E-state index contributed by atoms with van der Waals surface area (Å²) in [5, 5.41) is 7.92. The monoisotopic (exact) mass is 382 g/mol. The number of nitrogens with one attached hydrogen (secondary N) is 1. The Kier molecular flexibility index (Phi) is 6.14. The van der Waals surface area contributed by atoms with Crippen LogP contribution in [0.25, 0.3) is 5.69 Å². The van der Waals surface area contributed by atoms with Gasteiger partial charge in [0.05, 0.1) is 5.69 Å². The maximum Gasteiger partial charge on any atom is 0.318 e. The van der Waals surface area contributed by atoms with Gasteiger partial charge in [0.1, 0.15) is 0 Å². The fourth-order valence-electron chi connectivity index (χ4n) is 2.83. The first-order chi connectivity index (χ1) is 13.0. The van der Waals surface area contributed by atoms with E-state index in [0.717, 1.165) is 16.8 Å². The van der Waals surface area contributed by atoms with Crippen LogP contribution in [0.4, 0.5) is 4.79 Å². The Labute approximate surface area is 164 Å². The Morgan fingerprint density at radius 2 is 1.93 bits per heavy atom. The molecule has 0 aliphatic rings. The Bertz CT molecular complexity index is 893. The van der Waals surface area contributed by atoms with Crippen molar-refractivity contribution in [2.24, 2.45) is 0 Å². The lowest BCUT2D eigenvalue weighted by atomic mass is 10.2. The summed E-state index contributed by atoms with van der Waals surface area (Å²) in [5.74, 6) is 0. The van der Waals surface area contributed by atoms with Gasteiger partial charge in [0.15, 0.2) is 0 Å². The molecule has 1 N–H and O–H groups in total. The van der Waals surface area contributed by atoms with Crippen molar-refractivity contribution < 1.29 is 4.79 Å². The number of hydrogen-bond acceptors (Lipinski definition) is 2. The highest BCUT2D eigenvalue weighted by Gasteiger charge is 2.17. The first kappa shape index (κ1) is 19.0. The normalized spacial score (nSPS) is 10.8. The number of carbonyl (C=O) groups excluding carboxylic acids is 1. The van der Waals surface area contributed by atoms with Gasteiger partial charge in [-0.1, -0.05) is 35.9 Å². The third-order valence-electron chi connectivity index (χ3n) is 4.25. The zero-order valence-corrected chi connectivity index (χ0v) is 16.2. The third kappa shape index (κ3) is 5.11. The second kappa shape index (κ2) is 8.73. The number of amides is 2. The molecule has 6 heteroatoms. The zero-order chi connectivity index (χ0) is 19.2. The molecule has 0 saturated heterocycles. The molecular weight excluding hydrogens is 360 g/mol. The number of rotatable bonds is 6. The van der Waals surface area contributed by atoms with Gasteiger partial charge in [-0.15, -0.1) is 0 Å². The Balaban J connectivity index is 1.65. The summed E-state index contributed by atoms with van der Waals surface area (Å²) in [4.78, 5) is 14.5. The Morgan fingerprint density at radius 1 is 1.15 bits per heavy atom. The topological polar surface area (TPSA) is 50.2 Å². The van der Waals surface area contributed by atoms with E-state index >= 15 is 0 Å². The SMILES string of the molecule is CC(C)N(Cc1cccc(Cl)c1)C(=O)NCc1cccc(-n2cccn2)c1. The molecule has 27 heavy (non-hydrogen) atoms. The summed E-state index contributed by atoms with van der Waals surface area (Å²) in [5.41, 5.74) is 2.99. The lowest BCUT2D eigenvalue weighted by Gasteiger charge is -2.27. The molecule has 0 radical (unpaired) electrons. The highest BCUT2D eigenvalue weighted by Crippen LogP contribution is 2.15. The summed E-state index contributed by atoms with van der Waals surface area (Å²) in [7, 11) is 0. The standard InChI is InChI=1S/C21H23ClN4O/c1-16(2)25(15-18-7-3-8-19(22)12-18)21(27)23-14-17-6-4-9-20(13-17)26-11-5-10-24-26/h3-13,16H,14-15H2,1-2H3,(H,23,27). The molecule has 1 aromatic heterocycles. The average molecular weight is 383 g/mol. The van der Waals surface area contributed by atoms with E-state index in [1.54, 1.807) is 15.8 Å². The Hall–Kier alpha value is -2.79. The molecule has 0 unspecified atom stereocenters. The van der Waals surface area contributed by atoms with E-state index in [9.17, 15) is 4.79 Å². The predicted octanol–water partition coefficient (Wildman–Crippen LogP) is 4.65. The third-order valence-corrected chi connectivity index (χ3v) is 4.48. The van der Waals surface area contributed by atoms with Gasteiger partial charge in [-0.2, -0.15) is 5.10 Å². The molecule has 0 saturated carbocycles. The summed E-state index contributed by atoms with van der Waals surface area (Å²) in [6, 6.07) is 17.4. The molecule has 0 aliphatic carbocycles. The summed E-state index contributed by atoms with van der Waals surface area (Å²) in [6.45, 7) is 4.97. The molecule has 0 bridgehead atoms. The van der Waals surface area contributed by atoms with Crippen LogP contribution in [0.15, 0.2) is 67.0 Å². The maximum absolute atomic E-state index is 12.7. The molecule has 2 aromatic carbocycles. The van der Waals surface area contributed by atoms with E-state index in [0.29, 0.717) is 18.1 Å². The highest BCUT2D eigenvalue weighted by molar-refractivity contribution is 6.30. The second-order valence-electron chi connectivity index (χ2n) is 6.63. The van der Waals surface area contributed by atoms with E-state index < -0.39 is 0 Å². The number of halogens is 1. The maximum atomic E-state index is 12.7. The quantitative estimate of drug-likeness (QED) is 0.674. The van der Waals surface area contributed by atoms with Gasteiger partial charge in [-0.3, -0.25) is 0 Å². The van der Waals surface area contributed by atoms with E-state index in [4.69, 9.17) is 11.6 Å². The largest absolute Gasteiger partial charge is 0.334 e. The second-order valence-corrected chi connectivity index (χ2v) is 7.07. The minimum atomic E-state index is -0.102. The van der Waals surface area contributed by atoms with E-state index in [2.05, 4.69) is 10.4 Å². The molecular formula is C21H23ClN4O. The van der Waals surface area contributed by atoms with Gasteiger partial charge >= 0.3 is 6.03 Å². The lowest BCUT2D eigenvalue weighted by Crippen LogP contribution is -2.43. The molecule has 0 fully saturated rings. The van der Waals surface area contributed by atoms with Crippen molar-refractivity contribution in [1.82, 2.24) is 20.0 Å². The van der Waals surface area contributed by atoms with Crippen LogP contribution in [0, 0.1) is 0 Å². The van der Waals surface area contributed by atoms with Crippen LogP contribution in [0.2, 0.25) is 5.02 Å². The number of aromatic nitrogens is 2. The van der Waals surface area contributed by atoms with Crippen molar-refractivity contribution in [3.8, 4) is 5.69 Å². The molecule has 3 aromatic rings. The number of carbonyl (C=O) groups is 1. The van der Waals surface area contributed by atoms with Gasteiger partial charge in [0.25, 0.3) is 0 Å². The molecule has 0 aliphatic heterocycles. The smallest absolute Gasteiger partial charge is 0.318 e. The van der Waals surface area contributed by atoms with E-state index in [1.165, 1.54) is 0 Å². The minimum absolute atomic E-state index is 0.0689. The lowest BCUT2D eigenvalue weighted by molar-refractivity contribution is 0.179. The summed E-state index contributed by atoms with van der Waals surface area (Å²) in [6.07, 6.45) is 3.63. The van der Waals surface area contributed by atoms with Gasteiger partial charge in [0.2, 0.25) is 0 Å².